The molecule has 0 aliphatic carbocycles. The summed E-state index contributed by atoms with van der Waals surface area (Å²) in [7, 11) is 4.50. The number of hydrogen-bond donors (Lipinski definition) is 2. The van der Waals surface area contributed by atoms with E-state index in [4.69, 9.17) is 14.2 Å². The molecule has 0 aromatic heterocycles. The van der Waals surface area contributed by atoms with Crippen LogP contribution in [0.4, 0.5) is 4.79 Å². The minimum absolute atomic E-state index is 0.0281. The van der Waals surface area contributed by atoms with Crippen LogP contribution in [-0.4, -0.2) is 62.4 Å². The van der Waals surface area contributed by atoms with Crippen molar-refractivity contribution in [1.82, 2.24) is 15.6 Å². The van der Waals surface area contributed by atoms with Crippen LogP contribution < -0.4 is 25.0 Å². The van der Waals surface area contributed by atoms with Crippen LogP contribution in [0, 0.1) is 0 Å². The number of carbonyl (C=O) groups excluding carboxylic acids is 3. The maximum absolute atomic E-state index is 12.1. The number of carbonyl (C=O) groups is 3. The van der Waals surface area contributed by atoms with Crippen molar-refractivity contribution in [1.29, 1.82) is 0 Å². The van der Waals surface area contributed by atoms with E-state index in [9.17, 15) is 14.4 Å². The number of hydrogen-bond acceptors (Lipinski definition) is 7. The zero-order valence-corrected chi connectivity index (χ0v) is 16.5. The number of ether oxygens (including phenoxy) is 3. The molecule has 0 bridgehead atoms. The summed E-state index contributed by atoms with van der Waals surface area (Å²) in [5.74, 6) is 0.550. The Bertz CT molecular complexity index is 780. The highest BCUT2D eigenvalue weighted by Gasteiger charge is 2.43. The summed E-state index contributed by atoms with van der Waals surface area (Å²) in [6.45, 7) is 3.18. The number of amides is 4. The molecule has 10 heteroatoms. The van der Waals surface area contributed by atoms with Gasteiger partial charge in [0.05, 0.1) is 27.5 Å². The van der Waals surface area contributed by atoms with E-state index < -0.39 is 17.5 Å². The summed E-state index contributed by atoms with van der Waals surface area (Å²) in [6.07, 6.45) is 1.35. The Labute approximate surface area is 162 Å². The van der Waals surface area contributed by atoms with Crippen molar-refractivity contribution in [3.63, 3.8) is 0 Å². The summed E-state index contributed by atoms with van der Waals surface area (Å²) in [5.41, 5.74) is 2.01. The maximum atomic E-state index is 12.1. The van der Waals surface area contributed by atoms with Gasteiger partial charge in [0.2, 0.25) is 11.7 Å². The molecule has 4 amide bonds. The summed E-state index contributed by atoms with van der Waals surface area (Å²) in [5, 5.41) is 6.43. The van der Waals surface area contributed by atoms with Crippen molar-refractivity contribution >= 4 is 24.1 Å². The minimum Gasteiger partial charge on any atom is -0.493 e. The lowest BCUT2D eigenvalue weighted by atomic mass is 10.1. The first-order valence-electron chi connectivity index (χ1n) is 8.49. The Morgan fingerprint density at radius 3 is 2.25 bits per heavy atom. The summed E-state index contributed by atoms with van der Waals surface area (Å²) >= 11 is 0. The molecule has 0 unspecified atom stereocenters. The quantitative estimate of drug-likeness (QED) is 0.385. The molecule has 1 aromatic rings. The second-order valence-electron chi connectivity index (χ2n) is 6.51. The third-order valence-electron chi connectivity index (χ3n) is 4.10. The topological polar surface area (TPSA) is 119 Å². The number of urea groups is 1. The lowest BCUT2D eigenvalue weighted by molar-refractivity contribution is -0.130. The van der Waals surface area contributed by atoms with E-state index in [0.29, 0.717) is 22.8 Å². The lowest BCUT2D eigenvalue weighted by Gasteiger charge is -2.15. The van der Waals surface area contributed by atoms with E-state index in [-0.39, 0.29) is 18.9 Å². The second kappa shape index (κ2) is 8.59. The number of hydrazone groups is 1. The predicted molar refractivity (Wildman–Crippen MR) is 101 cm³/mol. The first-order valence-corrected chi connectivity index (χ1v) is 8.49. The second-order valence-corrected chi connectivity index (χ2v) is 6.51. The number of benzene rings is 1. The fraction of sp³-hybridized carbons (Fsp3) is 0.444. The molecule has 1 saturated heterocycles. The minimum atomic E-state index is -0.960. The first kappa shape index (κ1) is 21.0. The highest BCUT2D eigenvalue weighted by Crippen LogP contribution is 2.37. The normalized spacial score (nSPS) is 15.5. The van der Waals surface area contributed by atoms with Crippen molar-refractivity contribution in [2.45, 2.75) is 25.8 Å². The molecule has 0 radical (unpaired) electrons. The van der Waals surface area contributed by atoms with Crippen molar-refractivity contribution < 1.29 is 28.6 Å². The van der Waals surface area contributed by atoms with Gasteiger partial charge in [-0.1, -0.05) is 0 Å². The predicted octanol–water partition coefficient (Wildman–Crippen LogP) is 0.883. The molecule has 1 aliphatic rings. The Kier molecular flexibility index (Phi) is 6.45. The first-order chi connectivity index (χ1) is 13.2. The van der Waals surface area contributed by atoms with E-state index in [1.165, 1.54) is 27.5 Å². The summed E-state index contributed by atoms with van der Waals surface area (Å²) in [4.78, 5) is 36.8. The number of imide groups is 1. The number of methoxy groups -OCH3 is 3. The standard InChI is InChI=1S/C18H24N4O6/c1-18(2)16(24)22(17(25)20-18)7-6-14(23)21-19-10-11-8-12(26-3)15(28-5)13(9-11)27-4/h8-10H,6-7H2,1-5H3,(H,20,25)(H,21,23)/b19-10-. The molecule has 0 atom stereocenters. The van der Waals surface area contributed by atoms with Crippen molar-refractivity contribution in [3.05, 3.63) is 17.7 Å². The van der Waals surface area contributed by atoms with Gasteiger partial charge in [-0.3, -0.25) is 14.5 Å². The largest absolute Gasteiger partial charge is 0.493 e. The number of nitrogens with one attached hydrogen (secondary N) is 2. The fourth-order valence-electron chi connectivity index (χ4n) is 2.64. The van der Waals surface area contributed by atoms with Crippen LogP contribution in [0.3, 0.4) is 0 Å². The number of rotatable bonds is 8. The Hall–Kier alpha value is -3.30. The SMILES string of the molecule is COc1cc(/C=N\NC(=O)CCN2C(=O)NC(C)(C)C2=O)cc(OC)c1OC. The zero-order chi connectivity index (χ0) is 20.9. The third kappa shape index (κ3) is 4.51. The van der Waals surface area contributed by atoms with Gasteiger partial charge in [-0.25, -0.2) is 10.2 Å². The van der Waals surface area contributed by atoms with Crippen LogP contribution >= 0.6 is 0 Å². The third-order valence-corrected chi connectivity index (χ3v) is 4.10. The molecule has 1 aromatic carbocycles. The molecule has 1 aliphatic heterocycles. The highest BCUT2D eigenvalue weighted by molar-refractivity contribution is 6.06. The smallest absolute Gasteiger partial charge is 0.325 e. The van der Waals surface area contributed by atoms with E-state index in [1.54, 1.807) is 26.0 Å². The van der Waals surface area contributed by atoms with E-state index in [2.05, 4.69) is 15.8 Å². The van der Waals surface area contributed by atoms with E-state index >= 15 is 0 Å². The van der Waals surface area contributed by atoms with Crippen LogP contribution in [0.1, 0.15) is 25.8 Å². The molecule has 2 N–H and O–H groups in total. The van der Waals surface area contributed by atoms with E-state index in [1.807, 2.05) is 0 Å². The van der Waals surface area contributed by atoms with Gasteiger partial charge in [0.15, 0.2) is 11.5 Å². The molecule has 0 saturated carbocycles. The van der Waals surface area contributed by atoms with Crippen LogP contribution in [0.15, 0.2) is 17.2 Å². The van der Waals surface area contributed by atoms with Crippen LogP contribution in [-0.2, 0) is 9.59 Å². The molecule has 1 fully saturated rings. The average molecular weight is 392 g/mol. The van der Waals surface area contributed by atoms with Crippen molar-refractivity contribution in [3.8, 4) is 17.2 Å². The van der Waals surface area contributed by atoms with Gasteiger partial charge in [-0.05, 0) is 26.0 Å². The van der Waals surface area contributed by atoms with Crippen molar-refractivity contribution in [2.75, 3.05) is 27.9 Å². The van der Waals surface area contributed by atoms with Gasteiger partial charge in [0.1, 0.15) is 5.54 Å². The lowest BCUT2D eigenvalue weighted by Crippen LogP contribution is -2.40. The van der Waals surface area contributed by atoms with Crippen LogP contribution in [0.2, 0.25) is 0 Å². The maximum Gasteiger partial charge on any atom is 0.325 e. The van der Waals surface area contributed by atoms with E-state index in [0.717, 1.165) is 4.90 Å². The van der Waals surface area contributed by atoms with Gasteiger partial charge >= 0.3 is 6.03 Å². The van der Waals surface area contributed by atoms with Crippen molar-refractivity contribution in [2.24, 2.45) is 5.10 Å². The van der Waals surface area contributed by atoms with Gasteiger partial charge in [0.25, 0.3) is 5.91 Å². The molecule has 1 heterocycles. The van der Waals surface area contributed by atoms with Gasteiger partial charge in [-0.2, -0.15) is 5.10 Å². The molecular formula is C18H24N4O6. The van der Waals surface area contributed by atoms with Crippen LogP contribution in [0.25, 0.3) is 0 Å². The summed E-state index contributed by atoms with van der Waals surface area (Å²) in [6, 6.07) is 2.84. The number of nitrogens with zero attached hydrogens (tertiary/aromatic N) is 2. The zero-order valence-electron chi connectivity index (χ0n) is 16.5. The Morgan fingerprint density at radius 2 is 1.79 bits per heavy atom. The highest BCUT2D eigenvalue weighted by atomic mass is 16.5. The van der Waals surface area contributed by atoms with Crippen LogP contribution in [0.5, 0.6) is 17.2 Å². The Balaban J connectivity index is 1.95. The summed E-state index contributed by atoms with van der Waals surface area (Å²) < 4.78 is 15.7. The molecule has 2 rings (SSSR count). The molecule has 28 heavy (non-hydrogen) atoms. The fourth-order valence-corrected chi connectivity index (χ4v) is 2.64. The Morgan fingerprint density at radius 1 is 1.18 bits per heavy atom. The molecule has 10 nitrogen and oxygen atoms in total. The average Bonchev–Trinajstić information content (AvgIpc) is 2.85. The molecular weight excluding hydrogens is 368 g/mol. The van der Waals surface area contributed by atoms with Gasteiger partial charge < -0.3 is 19.5 Å². The molecule has 0 spiro atoms. The monoisotopic (exact) mass is 392 g/mol. The van der Waals surface area contributed by atoms with Gasteiger partial charge in [-0.15, -0.1) is 0 Å². The molecule has 152 valence electrons. The van der Waals surface area contributed by atoms with Gasteiger partial charge in [0, 0.05) is 18.5 Å².